The molecule has 1 heterocycles. The van der Waals surface area contributed by atoms with Gasteiger partial charge in [-0.25, -0.2) is 4.98 Å². The van der Waals surface area contributed by atoms with Crippen molar-refractivity contribution in [1.29, 1.82) is 0 Å². The van der Waals surface area contributed by atoms with E-state index < -0.39 is 0 Å². The van der Waals surface area contributed by atoms with E-state index in [2.05, 4.69) is 47.7 Å². The zero-order valence-corrected chi connectivity index (χ0v) is 18.1. The van der Waals surface area contributed by atoms with Gasteiger partial charge in [-0.2, -0.15) is 0 Å². The Labute approximate surface area is 178 Å². The summed E-state index contributed by atoms with van der Waals surface area (Å²) >= 11 is 0. The molecule has 1 aromatic carbocycles. The van der Waals surface area contributed by atoms with Gasteiger partial charge in [0, 0.05) is 24.0 Å². The first-order valence-corrected chi connectivity index (χ1v) is 11.7. The smallest absolute Gasteiger partial charge is 0.133 e. The first kappa shape index (κ1) is 18.8. The minimum Gasteiger partial charge on any atom is -0.393 e. The summed E-state index contributed by atoms with van der Waals surface area (Å²) < 4.78 is 2.27. The Bertz CT molecular complexity index is 1050. The fraction of sp³-hybridized carbons (Fsp3) is 0.615. The van der Waals surface area contributed by atoms with Crippen molar-refractivity contribution in [2.45, 2.75) is 64.9 Å². The number of aromatic nitrogens is 2. The largest absolute Gasteiger partial charge is 0.393 e. The molecule has 2 aromatic rings. The van der Waals surface area contributed by atoms with Crippen LogP contribution < -0.4 is 0 Å². The maximum Gasteiger partial charge on any atom is 0.133 e. The molecular formula is C26H32N2O2. The number of benzene rings is 1. The number of ketones is 1. The van der Waals surface area contributed by atoms with Crippen LogP contribution in [0.5, 0.6) is 0 Å². The van der Waals surface area contributed by atoms with E-state index in [1.165, 1.54) is 5.70 Å². The van der Waals surface area contributed by atoms with Gasteiger partial charge >= 0.3 is 0 Å². The van der Waals surface area contributed by atoms with Crippen LogP contribution in [0.2, 0.25) is 0 Å². The molecule has 4 nitrogen and oxygen atoms in total. The fourth-order valence-electron chi connectivity index (χ4n) is 8.24. The molecule has 4 aliphatic rings. The molecule has 1 aromatic heterocycles. The molecule has 4 aliphatic carbocycles. The Kier molecular flexibility index (Phi) is 3.94. The van der Waals surface area contributed by atoms with Crippen LogP contribution in [0.15, 0.2) is 36.7 Å². The van der Waals surface area contributed by atoms with E-state index >= 15 is 0 Å². The van der Waals surface area contributed by atoms with E-state index in [9.17, 15) is 9.90 Å². The number of para-hydroxylation sites is 2. The second-order valence-electron chi connectivity index (χ2n) is 10.9. The number of carbonyl (C=O) groups is 1. The third-order valence-electron chi connectivity index (χ3n) is 9.67. The molecule has 158 valence electrons. The maximum absolute atomic E-state index is 12.1. The average Bonchev–Trinajstić information content (AvgIpc) is 3.28. The van der Waals surface area contributed by atoms with Crippen molar-refractivity contribution in [3.8, 4) is 0 Å². The molecule has 6 rings (SSSR count). The minimum atomic E-state index is -0.298. The molecule has 0 spiro atoms. The number of imidazole rings is 1. The van der Waals surface area contributed by atoms with Crippen LogP contribution in [0, 0.1) is 34.5 Å². The summed E-state index contributed by atoms with van der Waals surface area (Å²) in [4.78, 5) is 16.8. The summed E-state index contributed by atoms with van der Waals surface area (Å²) in [5.74, 6) is 2.33. The monoisotopic (exact) mass is 404 g/mol. The Morgan fingerprint density at radius 2 is 2.03 bits per heavy atom. The Hall–Kier alpha value is -1.94. The summed E-state index contributed by atoms with van der Waals surface area (Å²) in [7, 11) is 0. The number of aliphatic hydroxyl groups excluding tert-OH is 1. The fourth-order valence-corrected chi connectivity index (χ4v) is 8.24. The second kappa shape index (κ2) is 6.29. The summed E-state index contributed by atoms with van der Waals surface area (Å²) in [5, 5.41) is 11.6. The van der Waals surface area contributed by atoms with Crippen LogP contribution in [-0.4, -0.2) is 26.5 Å². The molecule has 7 atom stereocenters. The molecule has 0 radical (unpaired) electrons. The van der Waals surface area contributed by atoms with Gasteiger partial charge in [0.2, 0.25) is 0 Å². The van der Waals surface area contributed by atoms with Crippen molar-refractivity contribution in [3.05, 3.63) is 36.7 Å². The van der Waals surface area contributed by atoms with Crippen LogP contribution in [0.1, 0.15) is 58.8 Å². The van der Waals surface area contributed by atoms with Crippen LogP contribution >= 0.6 is 0 Å². The average molecular weight is 405 g/mol. The summed E-state index contributed by atoms with van der Waals surface area (Å²) in [5.41, 5.74) is 3.59. The van der Waals surface area contributed by atoms with Gasteiger partial charge in [-0.05, 0) is 73.3 Å². The number of aliphatic hydroxyl groups is 1. The number of rotatable bonds is 1. The van der Waals surface area contributed by atoms with Gasteiger partial charge in [0.25, 0.3) is 0 Å². The van der Waals surface area contributed by atoms with Gasteiger partial charge in [0.05, 0.1) is 17.1 Å². The van der Waals surface area contributed by atoms with Gasteiger partial charge in [0.1, 0.15) is 12.1 Å². The Morgan fingerprint density at radius 3 is 2.90 bits per heavy atom. The highest BCUT2D eigenvalue weighted by atomic mass is 16.3. The maximum atomic E-state index is 12.1. The second-order valence-corrected chi connectivity index (χ2v) is 10.9. The summed E-state index contributed by atoms with van der Waals surface area (Å²) in [6, 6.07) is 8.33. The first-order chi connectivity index (χ1) is 14.4. The van der Waals surface area contributed by atoms with E-state index in [0.29, 0.717) is 35.9 Å². The molecule has 4 heteroatoms. The topological polar surface area (TPSA) is 55.1 Å². The van der Waals surface area contributed by atoms with Crippen molar-refractivity contribution in [2.75, 3.05) is 0 Å². The molecule has 3 fully saturated rings. The van der Waals surface area contributed by atoms with E-state index in [4.69, 9.17) is 0 Å². The molecule has 1 N–H and O–H groups in total. The first-order valence-electron chi connectivity index (χ1n) is 11.7. The van der Waals surface area contributed by atoms with Gasteiger partial charge in [-0.1, -0.05) is 32.1 Å². The van der Waals surface area contributed by atoms with E-state index in [1.54, 1.807) is 0 Å². The lowest BCUT2D eigenvalue weighted by atomic mass is 9.44. The molecule has 0 aliphatic heterocycles. The number of nitrogens with zero attached hydrogens (tertiary/aromatic N) is 2. The van der Waals surface area contributed by atoms with Crippen LogP contribution in [0.4, 0.5) is 0 Å². The van der Waals surface area contributed by atoms with Gasteiger partial charge in [-0.15, -0.1) is 0 Å². The molecule has 0 saturated heterocycles. The highest BCUT2D eigenvalue weighted by Crippen LogP contribution is 2.66. The number of hydrogen-bond donors (Lipinski definition) is 1. The van der Waals surface area contributed by atoms with Gasteiger partial charge in [-0.3, -0.25) is 4.79 Å². The Balaban J connectivity index is 1.38. The van der Waals surface area contributed by atoms with E-state index in [0.717, 1.165) is 49.6 Å². The SMILES string of the molecule is C[C@]12CC(O)C3C(CC[C@@H]4CC(=O)CC[C@]34C)C1CC=C2n1cnc2ccccc21. The molecule has 30 heavy (non-hydrogen) atoms. The molecular weight excluding hydrogens is 372 g/mol. The van der Waals surface area contributed by atoms with E-state index in [1.807, 2.05) is 12.4 Å². The molecule has 0 bridgehead atoms. The van der Waals surface area contributed by atoms with Gasteiger partial charge < -0.3 is 9.67 Å². The van der Waals surface area contributed by atoms with Crippen molar-refractivity contribution in [2.24, 2.45) is 34.5 Å². The highest BCUT2D eigenvalue weighted by molar-refractivity contribution is 5.81. The number of allylic oxidation sites excluding steroid dienone is 2. The number of fused-ring (bicyclic) bond motifs is 6. The molecule has 0 amide bonds. The van der Waals surface area contributed by atoms with Gasteiger partial charge in [0.15, 0.2) is 0 Å². The summed E-state index contributed by atoms with van der Waals surface area (Å²) in [6.45, 7) is 4.77. The van der Waals surface area contributed by atoms with Crippen molar-refractivity contribution >= 4 is 22.5 Å². The lowest BCUT2D eigenvalue weighted by molar-refractivity contribution is -0.162. The van der Waals surface area contributed by atoms with Crippen molar-refractivity contribution < 1.29 is 9.90 Å². The summed E-state index contributed by atoms with van der Waals surface area (Å²) in [6.07, 6.45) is 10.7. The normalized spacial score (nSPS) is 43.1. The molecule has 3 saturated carbocycles. The quantitative estimate of drug-likeness (QED) is 0.722. The number of Topliss-reactive ketones (excluding diaryl/α,β-unsaturated/α-hetero) is 1. The van der Waals surface area contributed by atoms with Crippen molar-refractivity contribution in [1.82, 2.24) is 9.55 Å². The molecule has 4 unspecified atom stereocenters. The van der Waals surface area contributed by atoms with Crippen molar-refractivity contribution in [3.63, 3.8) is 0 Å². The zero-order chi connectivity index (χ0) is 20.7. The predicted octanol–water partition coefficient (Wildman–Crippen LogP) is 5.07. The third kappa shape index (κ3) is 2.37. The van der Waals surface area contributed by atoms with Crippen LogP contribution in [0.25, 0.3) is 16.7 Å². The van der Waals surface area contributed by atoms with E-state index in [-0.39, 0.29) is 16.9 Å². The number of carbonyl (C=O) groups excluding carboxylic acids is 1. The highest BCUT2D eigenvalue weighted by Gasteiger charge is 2.62. The third-order valence-corrected chi connectivity index (χ3v) is 9.67. The zero-order valence-electron chi connectivity index (χ0n) is 18.1. The minimum absolute atomic E-state index is 0.0300. The Morgan fingerprint density at radius 1 is 1.20 bits per heavy atom. The standard InChI is InChI=1S/C26H32N2O2/c1-25-12-11-17(29)13-16(25)7-8-18-19-9-10-23(26(19,2)14-22(30)24(18)25)28-15-27-20-5-3-4-6-21(20)28/h3-6,10,15-16,18-19,22,24,30H,7-9,11-14H2,1-2H3/t16-,18?,19?,22?,24?,25+,26+/m1/s1. The van der Waals surface area contributed by atoms with Crippen LogP contribution in [0.3, 0.4) is 0 Å². The van der Waals surface area contributed by atoms with Crippen LogP contribution in [-0.2, 0) is 4.79 Å². The lowest BCUT2D eigenvalue weighted by Crippen LogP contribution is -2.58. The number of hydrogen-bond acceptors (Lipinski definition) is 3. The lowest BCUT2D eigenvalue weighted by Gasteiger charge is -2.61. The predicted molar refractivity (Wildman–Crippen MR) is 118 cm³/mol.